The summed E-state index contributed by atoms with van der Waals surface area (Å²) in [5.41, 5.74) is 1.07. The molecule has 0 spiro atoms. The Labute approximate surface area is 111 Å². The van der Waals surface area contributed by atoms with Gasteiger partial charge in [-0.2, -0.15) is 0 Å². The molecule has 2 aliphatic heterocycles. The van der Waals surface area contributed by atoms with Gasteiger partial charge < -0.3 is 24.4 Å². The van der Waals surface area contributed by atoms with Crippen LogP contribution in [0.4, 0.5) is 0 Å². The molecule has 0 saturated carbocycles. The molecule has 2 aliphatic rings. The first-order chi connectivity index (χ1) is 9.07. The van der Waals surface area contributed by atoms with Gasteiger partial charge in [-0.3, -0.25) is 0 Å². The van der Waals surface area contributed by atoms with Gasteiger partial charge in [0.05, 0.1) is 6.61 Å². The first-order valence-corrected chi connectivity index (χ1v) is 6.21. The summed E-state index contributed by atoms with van der Waals surface area (Å²) < 4.78 is 16.5. The molecular weight excluding hydrogens is 248 g/mol. The average molecular weight is 264 g/mol. The molecule has 1 fully saturated rings. The van der Waals surface area contributed by atoms with Gasteiger partial charge in [-0.05, 0) is 5.56 Å². The van der Waals surface area contributed by atoms with Crippen molar-refractivity contribution in [1.82, 2.24) is 0 Å². The second kappa shape index (κ2) is 4.52. The zero-order valence-corrected chi connectivity index (χ0v) is 10.6. The maximum atomic E-state index is 9.75. The second-order valence-electron chi connectivity index (χ2n) is 4.94. The van der Waals surface area contributed by atoms with Crippen LogP contribution in [0, 0.1) is 0 Å². The van der Waals surface area contributed by atoms with Crippen molar-refractivity contribution in [2.24, 2.45) is 0 Å². The number of aliphatic hydroxyl groups is 2. The normalized spacial score (nSPS) is 34.0. The Kier molecular flexibility index (Phi) is 2.97. The van der Waals surface area contributed by atoms with Crippen molar-refractivity contribution in [3.8, 4) is 0 Å². The summed E-state index contributed by atoms with van der Waals surface area (Å²) in [6.07, 6.45) is -1.23. The van der Waals surface area contributed by atoms with Crippen molar-refractivity contribution in [3.63, 3.8) is 0 Å². The minimum atomic E-state index is -1.33. The third-order valence-corrected chi connectivity index (χ3v) is 3.27. The number of hydrogen-bond acceptors (Lipinski definition) is 5. The van der Waals surface area contributed by atoms with E-state index in [1.807, 2.05) is 37.3 Å². The lowest BCUT2D eigenvalue weighted by atomic mass is 10.1. The Balaban J connectivity index is 1.81. The van der Waals surface area contributed by atoms with Gasteiger partial charge in [0.25, 0.3) is 0 Å². The van der Waals surface area contributed by atoms with E-state index in [0.717, 1.165) is 5.56 Å². The Morgan fingerprint density at radius 2 is 2.05 bits per heavy atom. The number of fused-ring (bicyclic) bond motifs is 1. The molecule has 1 saturated heterocycles. The molecule has 1 aromatic rings. The van der Waals surface area contributed by atoms with Crippen molar-refractivity contribution < 1.29 is 24.4 Å². The molecule has 5 nitrogen and oxygen atoms in total. The molecular formula is C14H16O5. The van der Waals surface area contributed by atoms with E-state index >= 15 is 0 Å². The van der Waals surface area contributed by atoms with Crippen LogP contribution in [0.3, 0.4) is 0 Å². The van der Waals surface area contributed by atoms with E-state index in [0.29, 0.717) is 6.42 Å². The van der Waals surface area contributed by atoms with Crippen LogP contribution in [0.5, 0.6) is 0 Å². The maximum Gasteiger partial charge on any atom is 0.217 e. The van der Waals surface area contributed by atoms with Crippen LogP contribution in [0.25, 0.3) is 0 Å². The molecule has 0 radical (unpaired) electrons. The molecule has 3 rings (SSSR count). The fourth-order valence-corrected chi connectivity index (χ4v) is 2.43. The van der Waals surface area contributed by atoms with Gasteiger partial charge in [0.1, 0.15) is 6.10 Å². The number of aliphatic hydroxyl groups excluding tert-OH is 2. The van der Waals surface area contributed by atoms with Crippen LogP contribution in [0.1, 0.15) is 12.5 Å². The average Bonchev–Trinajstić information content (AvgIpc) is 2.73. The highest BCUT2D eigenvalue weighted by Crippen LogP contribution is 2.38. The molecule has 2 N–H and O–H groups in total. The first-order valence-electron chi connectivity index (χ1n) is 6.21. The van der Waals surface area contributed by atoms with E-state index in [1.54, 1.807) is 0 Å². The maximum absolute atomic E-state index is 9.75. The monoisotopic (exact) mass is 264 g/mol. The molecule has 3 unspecified atom stereocenters. The van der Waals surface area contributed by atoms with E-state index in [4.69, 9.17) is 14.2 Å². The molecule has 0 aromatic heterocycles. The molecule has 3 atom stereocenters. The van der Waals surface area contributed by atoms with Crippen LogP contribution in [-0.2, 0) is 20.6 Å². The van der Waals surface area contributed by atoms with E-state index in [-0.39, 0.29) is 18.1 Å². The van der Waals surface area contributed by atoms with Crippen molar-refractivity contribution in [3.05, 3.63) is 47.4 Å². The van der Waals surface area contributed by atoms with Gasteiger partial charge in [0.15, 0.2) is 11.5 Å². The smallest absolute Gasteiger partial charge is 0.217 e. The molecule has 19 heavy (non-hydrogen) atoms. The van der Waals surface area contributed by atoms with Gasteiger partial charge in [0.2, 0.25) is 12.1 Å². The molecule has 102 valence electrons. The summed E-state index contributed by atoms with van der Waals surface area (Å²) in [6.45, 7) is 1.98. The predicted molar refractivity (Wildman–Crippen MR) is 66.1 cm³/mol. The lowest BCUT2D eigenvalue weighted by Crippen LogP contribution is -2.33. The van der Waals surface area contributed by atoms with Crippen LogP contribution in [-0.4, -0.2) is 35.0 Å². The lowest BCUT2D eigenvalue weighted by Gasteiger charge is -2.22. The first kappa shape index (κ1) is 12.5. The van der Waals surface area contributed by atoms with Crippen LogP contribution < -0.4 is 0 Å². The Morgan fingerprint density at radius 1 is 1.32 bits per heavy atom. The topological polar surface area (TPSA) is 68.2 Å². The van der Waals surface area contributed by atoms with Gasteiger partial charge in [-0.15, -0.1) is 0 Å². The third kappa shape index (κ3) is 2.32. The number of ether oxygens (including phenoxy) is 3. The summed E-state index contributed by atoms with van der Waals surface area (Å²) in [6, 6.07) is 9.81. The minimum Gasteiger partial charge on any atom is -0.505 e. The van der Waals surface area contributed by atoms with E-state index in [2.05, 4.69) is 0 Å². The molecule has 0 bridgehead atoms. The second-order valence-corrected chi connectivity index (χ2v) is 4.94. The number of hydrogen-bond donors (Lipinski definition) is 2. The Bertz CT molecular complexity index is 498. The van der Waals surface area contributed by atoms with Crippen molar-refractivity contribution >= 4 is 0 Å². The molecule has 0 aliphatic carbocycles. The Morgan fingerprint density at radius 3 is 2.79 bits per heavy atom. The van der Waals surface area contributed by atoms with Gasteiger partial charge in [-0.1, -0.05) is 30.3 Å². The summed E-state index contributed by atoms with van der Waals surface area (Å²) in [5, 5.41) is 19.2. The standard InChI is InChI=1S/C14H16O5/c1-14(7-9-5-3-2-4-6-9)18-10-8-17-13(16)11(15)12(10)19-14/h2-6,10,13,15-16H,7-8H2,1H3. The minimum absolute atomic E-state index is 0.172. The number of benzene rings is 1. The van der Waals surface area contributed by atoms with E-state index < -0.39 is 18.2 Å². The summed E-state index contributed by atoms with van der Waals surface area (Å²) >= 11 is 0. The van der Waals surface area contributed by atoms with E-state index in [1.165, 1.54) is 0 Å². The summed E-state index contributed by atoms with van der Waals surface area (Å²) in [5.74, 6) is -0.881. The fraction of sp³-hybridized carbons (Fsp3) is 0.429. The highest BCUT2D eigenvalue weighted by molar-refractivity contribution is 5.20. The van der Waals surface area contributed by atoms with Crippen molar-refractivity contribution in [2.45, 2.75) is 31.5 Å². The van der Waals surface area contributed by atoms with Gasteiger partial charge in [-0.25, -0.2) is 0 Å². The molecule has 2 heterocycles. The molecule has 5 heteroatoms. The van der Waals surface area contributed by atoms with Gasteiger partial charge >= 0.3 is 0 Å². The quantitative estimate of drug-likeness (QED) is 0.846. The SMILES string of the molecule is CC1(Cc2ccccc2)OC2=C(O)C(O)OCC2O1. The highest BCUT2D eigenvalue weighted by Gasteiger charge is 2.47. The zero-order valence-electron chi connectivity index (χ0n) is 10.6. The number of rotatable bonds is 2. The Hall–Kier alpha value is -1.56. The molecule has 0 amide bonds. The largest absolute Gasteiger partial charge is 0.505 e. The van der Waals surface area contributed by atoms with Crippen LogP contribution in [0.15, 0.2) is 41.9 Å². The van der Waals surface area contributed by atoms with Crippen molar-refractivity contribution in [1.29, 1.82) is 0 Å². The van der Waals surface area contributed by atoms with Crippen LogP contribution >= 0.6 is 0 Å². The summed E-state index contributed by atoms with van der Waals surface area (Å²) in [4.78, 5) is 0. The predicted octanol–water partition coefficient (Wildman–Crippen LogP) is 1.48. The highest BCUT2D eigenvalue weighted by atomic mass is 16.8. The molecule has 1 aromatic carbocycles. The van der Waals surface area contributed by atoms with Gasteiger partial charge in [0, 0.05) is 13.3 Å². The van der Waals surface area contributed by atoms with Crippen molar-refractivity contribution in [2.75, 3.05) is 6.61 Å². The summed E-state index contributed by atoms with van der Waals surface area (Å²) in [7, 11) is 0. The van der Waals surface area contributed by atoms with E-state index in [9.17, 15) is 10.2 Å². The third-order valence-electron chi connectivity index (χ3n) is 3.27. The van der Waals surface area contributed by atoms with Crippen LogP contribution in [0.2, 0.25) is 0 Å². The lowest BCUT2D eigenvalue weighted by molar-refractivity contribution is -0.165. The zero-order chi connectivity index (χ0) is 13.5. The fourth-order valence-electron chi connectivity index (χ4n) is 2.43.